The summed E-state index contributed by atoms with van der Waals surface area (Å²) in [6, 6.07) is 5.25. The van der Waals surface area contributed by atoms with Gasteiger partial charge in [-0.1, -0.05) is 39.3 Å². The second kappa shape index (κ2) is 8.95. The quantitative estimate of drug-likeness (QED) is 0.425. The number of benzene rings is 1. The van der Waals surface area contributed by atoms with Crippen molar-refractivity contribution in [1.29, 1.82) is 0 Å². The van der Waals surface area contributed by atoms with E-state index in [1.807, 2.05) is 21.0 Å². The zero-order chi connectivity index (χ0) is 21.0. The van der Waals surface area contributed by atoms with Gasteiger partial charge in [0.1, 0.15) is 17.1 Å². The maximum atomic E-state index is 12.1. The molecule has 0 bridgehead atoms. The van der Waals surface area contributed by atoms with Gasteiger partial charge in [-0.3, -0.25) is 9.59 Å². The molecule has 0 saturated heterocycles. The first-order chi connectivity index (χ1) is 13.1. The first-order valence-corrected chi connectivity index (χ1v) is 9.68. The smallest absolute Gasteiger partial charge is 0.253 e. The van der Waals surface area contributed by atoms with Gasteiger partial charge >= 0.3 is 0 Å². The number of aromatic hydroxyl groups is 1. The van der Waals surface area contributed by atoms with Crippen LogP contribution in [0.1, 0.15) is 45.6 Å². The SMILES string of the molecule is C=C(c1cccc(Nc2c(N[C@@H](C)CCCC(C)C)c(=O)c2=O)c1O)N(C)C. The summed E-state index contributed by atoms with van der Waals surface area (Å²) in [5, 5.41) is 16.7. The van der Waals surface area contributed by atoms with Crippen LogP contribution in [-0.2, 0) is 0 Å². The highest BCUT2D eigenvalue weighted by molar-refractivity contribution is 5.83. The summed E-state index contributed by atoms with van der Waals surface area (Å²) in [6.07, 6.45) is 3.10. The van der Waals surface area contributed by atoms with Gasteiger partial charge in [-0.05, 0) is 31.4 Å². The number of anilines is 3. The molecule has 6 heteroatoms. The average Bonchev–Trinajstić information content (AvgIpc) is 2.64. The lowest BCUT2D eigenvalue weighted by Gasteiger charge is -2.21. The molecule has 0 aliphatic carbocycles. The van der Waals surface area contributed by atoms with Gasteiger partial charge in [-0.2, -0.15) is 0 Å². The van der Waals surface area contributed by atoms with E-state index in [-0.39, 0.29) is 17.5 Å². The van der Waals surface area contributed by atoms with Gasteiger partial charge in [0.25, 0.3) is 10.9 Å². The Hall–Kier alpha value is -2.76. The normalized spacial score (nSPS) is 12.2. The minimum Gasteiger partial charge on any atom is -0.505 e. The molecule has 0 unspecified atom stereocenters. The summed E-state index contributed by atoms with van der Waals surface area (Å²) < 4.78 is 0. The van der Waals surface area contributed by atoms with E-state index in [9.17, 15) is 14.7 Å². The molecule has 2 aromatic rings. The van der Waals surface area contributed by atoms with Crippen molar-refractivity contribution in [1.82, 2.24) is 4.90 Å². The van der Waals surface area contributed by atoms with E-state index >= 15 is 0 Å². The fourth-order valence-corrected chi connectivity index (χ4v) is 3.05. The Labute approximate surface area is 166 Å². The summed E-state index contributed by atoms with van der Waals surface area (Å²) in [7, 11) is 3.67. The molecule has 0 fully saturated rings. The van der Waals surface area contributed by atoms with Gasteiger partial charge in [0.05, 0.1) is 5.69 Å². The fraction of sp³-hybridized carbons (Fsp3) is 0.455. The third-order valence-corrected chi connectivity index (χ3v) is 4.87. The molecule has 0 saturated carbocycles. The monoisotopic (exact) mass is 385 g/mol. The number of rotatable bonds is 10. The largest absolute Gasteiger partial charge is 0.505 e. The van der Waals surface area contributed by atoms with Crippen LogP contribution in [0.15, 0.2) is 34.4 Å². The van der Waals surface area contributed by atoms with Crippen LogP contribution in [-0.4, -0.2) is 30.1 Å². The number of hydrogen-bond donors (Lipinski definition) is 3. The van der Waals surface area contributed by atoms with Crippen molar-refractivity contribution in [2.75, 3.05) is 24.7 Å². The second-order valence-corrected chi connectivity index (χ2v) is 7.95. The Morgan fingerprint density at radius 2 is 1.75 bits per heavy atom. The van der Waals surface area contributed by atoms with Gasteiger partial charge in [-0.15, -0.1) is 0 Å². The molecule has 0 aliphatic rings. The van der Waals surface area contributed by atoms with Crippen LogP contribution in [0.3, 0.4) is 0 Å². The second-order valence-electron chi connectivity index (χ2n) is 7.95. The highest BCUT2D eigenvalue weighted by atomic mass is 16.3. The highest BCUT2D eigenvalue weighted by Gasteiger charge is 2.23. The molecule has 0 aliphatic heterocycles. The Bertz CT molecular complexity index is 908. The molecule has 152 valence electrons. The van der Waals surface area contributed by atoms with Crippen LogP contribution in [0.5, 0.6) is 5.75 Å². The average molecular weight is 386 g/mol. The molecule has 3 N–H and O–H groups in total. The van der Waals surface area contributed by atoms with Gasteiger partial charge < -0.3 is 20.6 Å². The van der Waals surface area contributed by atoms with Crippen molar-refractivity contribution in [3.63, 3.8) is 0 Å². The Morgan fingerprint density at radius 3 is 2.36 bits per heavy atom. The summed E-state index contributed by atoms with van der Waals surface area (Å²) in [5.41, 5.74) is 0.957. The lowest BCUT2D eigenvalue weighted by molar-refractivity contribution is 0.472. The number of para-hydroxylation sites is 1. The van der Waals surface area contributed by atoms with Crippen LogP contribution < -0.4 is 21.5 Å². The van der Waals surface area contributed by atoms with E-state index in [0.717, 1.165) is 19.3 Å². The first kappa shape index (κ1) is 21.5. The molecule has 0 heterocycles. The summed E-state index contributed by atoms with van der Waals surface area (Å²) in [4.78, 5) is 25.9. The van der Waals surface area contributed by atoms with E-state index < -0.39 is 10.9 Å². The molecule has 28 heavy (non-hydrogen) atoms. The molecule has 2 aromatic carbocycles. The minimum absolute atomic E-state index is 0.00909. The number of phenolic OH excluding ortho intramolecular Hbond substituents is 1. The fourth-order valence-electron chi connectivity index (χ4n) is 3.05. The molecule has 1 atom stereocenters. The summed E-state index contributed by atoms with van der Waals surface area (Å²) in [5.74, 6) is 0.632. The predicted molar refractivity (Wildman–Crippen MR) is 117 cm³/mol. The molecule has 0 amide bonds. The van der Waals surface area contributed by atoms with Crippen LogP contribution in [0.4, 0.5) is 17.1 Å². The number of nitrogens with zero attached hydrogens (tertiary/aromatic N) is 1. The maximum absolute atomic E-state index is 12.1. The zero-order valence-electron chi connectivity index (χ0n) is 17.4. The van der Waals surface area contributed by atoms with Crippen molar-refractivity contribution in [3.05, 3.63) is 50.8 Å². The van der Waals surface area contributed by atoms with Crippen molar-refractivity contribution in [2.24, 2.45) is 5.92 Å². The van der Waals surface area contributed by atoms with E-state index in [0.29, 0.717) is 28.6 Å². The van der Waals surface area contributed by atoms with Crippen LogP contribution in [0, 0.1) is 5.92 Å². The highest BCUT2D eigenvalue weighted by Crippen LogP contribution is 2.35. The third-order valence-electron chi connectivity index (χ3n) is 4.87. The Kier molecular flexibility index (Phi) is 6.89. The minimum atomic E-state index is -0.576. The van der Waals surface area contributed by atoms with Gasteiger partial charge in [0.15, 0.2) is 0 Å². The van der Waals surface area contributed by atoms with Crippen molar-refractivity contribution in [2.45, 2.75) is 46.1 Å². The van der Waals surface area contributed by atoms with Gasteiger partial charge in [0, 0.05) is 31.4 Å². The van der Waals surface area contributed by atoms with E-state index in [2.05, 4.69) is 31.1 Å². The van der Waals surface area contributed by atoms with Crippen molar-refractivity contribution < 1.29 is 5.11 Å². The molecule has 0 aromatic heterocycles. The lowest BCUT2D eigenvalue weighted by atomic mass is 10.0. The van der Waals surface area contributed by atoms with E-state index in [1.54, 1.807) is 23.1 Å². The Morgan fingerprint density at radius 1 is 1.11 bits per heavy atom. The summed E-state index contributed by atoms with van der Waals surface area (Å²) >= 11 is 0. The molecule has 0 radical (unpaired) electrons. The third kappa shape index (κ3) is 4.74. The van der Waals surface area contributed by atoms with Crippen molar-refractivity contribution >= 4 is 22.8 Å². The lowest BCUT2D eigenvalue weighted by Crippen LogP contribution is -2.38. The standard InChI is InChI=1S/C22H31N3O3/c1-13(2)9-7-10-14(3)23-18-19(22(28)21(18)27)24-17-12-8-11-16(20(17)26)15(4)25(5)6/h8,11-14,23-24,26H,4,7,9-10H2,1-3,5-6H3/t14-/m0/s1. The Balaban J connectivity index is 2.17. The predicted octanol–water partition coefficient (Wildman–Crippen LogP) is 3.89. The zero-order valence-corrected chi connectivity index (χ0v) is 17.4. The van der Waals surface area contributed by atoms with Crippen molar-refractivity contribution in [3.8, 4) is 5.75 Å². The first-order valence-electron chi connectivity index (χ1n) is 9.68. The molecule has 0 spiro atoms. The molecular formula is C22H31N3O3. The topological polar surface area (TPSA) is 81.7 Å². The number of hydrogen-bond acceptors (Lipinski definition) is 6. The van der Waals surface area contributed by atoms with Gasteiger partial charge in [-0.25, -0.2) is 0 Å². The molecule has 6 nitrogen and oxygen atoms in total. The van der Waals surface area contributed by atoms with Crippen LogP contribution in [0.2, 0.25) is 0 Å². The van der Waals surface area contributed by atoms with E-state index in [1.165, 1.54) is 0 Å². The van der Waals surface area contributed by atoms with Crippen LogP contribution >= 0.6 is 0 Å². The van der Waals surface area contributed by atoms with Gasteiger partial charge in [0.2, 0.25) is 0 Å². The number of nitrogens with one attached hydrogen (secondary N) is 2. The van der Waals surface area contributed by atoms with E-state index in [4.69, 9.17) is 0 Å². The summed E-state index contributed by atoms with van der Waals surface area (Å²) in [6.45, 7) is 10.3. The maximum Gasteiger partial charge on any atom is 0.253 e. The van der Waals surface area contributed by atoms with Crippen LogP contribution in [0.25, 0.3) is 5.70 Å². The molecular weight excluding hydrogens is 354 g/mol. The number of phenols is 1. The molecule has 2 rings (SSSR count).